The van der Waals surface area contributed by atoms with Gasteiger partial charge in [-0.1, -0.05) is 58.8 Å². The van der Waals surface area contributed by atoms with Gasteiger partial charge in [-0.2, -0.15) is 0 Å². The Morgan fingerprint density at radius 1 is 0.640 bits per heavy atom. The Morgan fingerprint density at radius 3 is 1.56 bits per heavy atom. The molecule has 0 fully saturated rings. The molecule has 2 aromatic carbocycles. The summed E-state index contributed by atoms with van der Waals surface area (Å²) >= 11 is 0. The lowest BCUT2D eigenvalue weighted by molar-refractivity contribution is 0.107. The Morgan fingerprint density at radius 2 is 1.12 bits per heavy atom. The number of hydrogen-bond donors (Lipinski definition) is 0. The summed E-state index contributed by atoms with van der Waals surface area (Å²) in [7, 11) is 0. The SMILES string of the molecule is c1ccc(-c2ccon2)c(COCc2ccccc2-c2ccon2)c1. The van der Waals surface area contributed by atoms with Crippen LogP contribution < -0.4 is 0 Å². The minimum atomic E-state index is 0.482. The summed E-state index contributed by atoms with van der Waals surface area (Å²) in [5.74, 6) is 0. The first-order valence-corrected chi connectivity index (χ1v) is 7.97. The third kappa shape index (κ3) is 3.36. The van der Waals surface area contributed by atoms with Gasteiger partial charge in [-0.25, -0.2) is 0 Å². The highest BCUT2D eigenvalue weighted by Gasteiger charge is 2.10. The molecule has 2 heterocycles. The van der Waals surface area contributed by atoms with Crippen molar-refractivity contribution in [3.05, 3.63) is 84.3 Å². The van der Waals surface area contributed by atoms with Crippen LogP contribution in [0.3, 0.4) is 0 Å². The first-order chi connectivity index (χ1) is 12.4. The number of aromatic nitrogens is 2. The molecule has 0 radical (unpaired) electrons. The molecule has 0 unspecified atom stereocenters. The number of ether oxygens (including phenoxy) is 1. The quantitative estimate of drug-likeness (QED) is 0.511. The van der Waals surface area contributed by atoms with Gasteiger partial charge in [0.2, 0.25) is 0 Å². The molecule has 0 aliphatic heterocycles. The maximum atomic E-state index is 5.97. The van der Waals surface area contributed by atoms with Crippen LogP contribution in [0.15, 0.2) is 82.2 Å². The molecule has 2 aromatic heterocycles. The highest BCUT2D eigenvalue weighted by Crippen LogP contribution is 2.25. The Hall–Kier alpha value is -3.18. The average Bonchev–Trinajstić information content (AvgIpc) is 3.37. The number of hydrogen-bond acceptors (Lipinski definition) is 5. The predicted octanol–water partition coefficient (Wildman–Crippen LogP) is 4.71. The second kappa shape index (κ2) is 7.15. The lowest BCUT2D eigenvalue weighted by Gasteiger charge is -2.10. The monoisotopic (exact) mass is 332 g/mol. The molecule has 4 aromatic rings. The Kier molecular flexibility index (Phi) is 4.39. The zero-order valence-corrected chi connectivity index (χ0v) is 13.5. The minimum absolute atomic E-state index is 0.482. The summed E-state index contributed by atoms with van der Waals surface area (Å²) in [5, 5.41) is 8.02. The van der Waals surface area contributed by atoms with Crippen LogP contribution in [0, 0.1) is 0 Å². The minimum Gasteiger partial charge on any atom is -0.372 e. The summed E-state index contributed by atoms with van der Waals surface area (Å²) in [6.07, 6.45) is 3.14. The van der Waals surface area contributed by atoms with Gasteiger partial charge in [-0.15, -0.1) is 0 Å². The summed E-state index contributed by atoms with van der Waals surface area (Å²) in [4.78, 5) is 0. The topological polar surface area (TPSA) is 61.3 Å². The lowest BCUT2D eigenvalue weighted by Crippen LogP contribution is -1.98. The van der Waals surface area contributed by atoms with Crippen LogP contribution in [0.1, 0.15) is 11.1 Å². The van der Waals surface area contributed by atoms with E-state index in [1.165, 1.54) is 0 Å². The van der Waals surface area contributed by atoms with Crippen molar-refractivity contribution in [1.29, 1.82) is 0 Å². The third-order valence-electron chi connectivity index (χ3n) is 3.98. The van der Waals surface area contributed by atoms with Crippen LogP contribution in [-0.4, -0.2) is 10.3 Å². The molecule has 5 heteroatoms. The molecule has 0 aliphatic carbocycles. The second-order valence-electron chi connectivity index (χ2n) is 5.58. The molecule has 0 saturated heterocycles. The normalized spacial score (nSPS) is 10.9. The maximum Gasteiger partial charge on any atom is 0.124 e. The van der Waals surface area contributed by atoms with E-state index in [0.29, 0.717) is 13.2 Å². The van der Waals surface area contributed by atoms with E-state index < -0.39 is 0 Å². The molecule has 25 heavy (non-hydrogen) atoms. The highest BCUT2D eigenvalue weighted by atomic mass is 16.5. The summed E-state index contributed by atoms with van der Waals surface area (Å²) in [6.45, 7) is 0.965. The van der Waals surface area contributed by atoms with Crippen LogP contribution in [0.5, 0.6) is 0 Å². The van der Waals surface area contributed by atoms with Crippen molar-refractivity contribution in [3.63, 3.8) is 0 Å². The van der Waals surface area contributed by atoms with Gasteiger partial charge >= 0.3 is 0 Å². The van der Waals surface area contributed by atoms with Gasteiger partial charge in [0.15, 0.2) is 0 Å². The molecule has 124 valence electrons. The molecule has 0 N–H and O–H groups in total. The largest absolute Gasteiger partial charge is 0.372 e. The molecule has 5 nitrogen and oxygen atoms in total. The van der Waals surface area contributed by atoms with Crippen molar-refractivity contribution in [1.82, 2.24) is 10.3 Å². The van der Waals surface area contributed by atoms with Gasteiger partial charge in [0.05, 0.1) is 13.2 Å². The van der Waals surface area contributed by atoms with E-state index in [4.69, 9.17) is 13.8 Å². The van der Waals surface area contributed by atoms with E-state index in [0.717, 1.165) is 33.6 Å². The van der Waals surface area contributed by atoms with Crippen molar-refractivity contribution < 1.29 is 13.8 Å². The summed E-state index contributed by atoms with van der Waals surface area (Å²) in [6, 6.07) is 19.7. The fraction of sp³-hybridized carbons (Fsp3) is 0.100. The van der Waals surface area contributed by atoms with Crippen LogP contribution in [0.2, 0.25) is 0 Å². The second-order valence-corrected chi connectivity index (χ2v) is 5.58. The van der Waals surface area contributed by atoms with E-state index in [2.05, 4.69) is 10.3 Å². The number of benzene rings is 2. The molecule has 0 aliphatic rings. The van der Waals surface area contributed by atoms with E-state index in [1.807, 2.05) is 60.7 Å². The zero-order chi connectivity index (χ0) is 16.9. The Bertz CT molecular complexity index is 854. The standard InChI is InChI=1S/C20H16N2O3/c1-3-7-17(19-9-11-24-21-19)15(5-1)13-23-14-16-6-2-4-8-18(16)20-10-12-25-22-20/h1-12H,13-14H2. The number of nitrogens with zero attached hydrogens (tertiary/aromatic N) is 2. The van der Waals surface area contributed by atoms with E-state index in [-0.39, 0.29) is 0 Å². The fourth-order valence-corrected chi connectivity index (χ4v) is 2.77. The van der Waals surface area contributed by atoms with E-state index in [1.54, 1.807) is 12.5 Å². The highest BCUT2D eigenvalue weighted by molar-refractivity contribution is 5.63. The zero-order valence-electron chi connectivity index (χ0n) is 13.5. The lowest BCUT2D eigenvalue weighted by atomic mass is 10.0. The van der Waals surface area contributed by atoms with Gasteiger partial charge in [0.1, 0.15) is 23.9 Å². The first kappa shape index (κ1) is 15.4. The van der Waals surface area contributed by atoms with Crippen LogP contribution in [0.4, 0.5) is 0 Å². The fourth-order valence-electron chi connectivity index (χ4n) is 2.77. The van der Waals surface area contributed by atoms with Crippen LogP contribution in [0.25, 0.3) is 22.5 Å². The average molecular weight is 332 g/mol. The van der Waals surface area contributed by atoms with Gasteiger partial charge in [0.25, 0.3) is 0 Å². The molecule has 0 spiro atoms. The summed E-state index contributed by atoms with van der Waals surface area (Å²) in [5.41, 5.74) is 5.78. The molecule has 0 atom stereocenters. The van der Waals surface area contributed by atoms with Crippen molar-refractivity contribution >= 4 is 0 Å². The number of rotatable bonds is 6. The first-order valence-electron chi connectivity index (χ1n) is 7.97. The van der Waals surface area contributed by atoms with Gasteiger partial charge in [-0.05, 0) is 11.1 Å². The predicted molar refractivity (Wildman–Crippen MR) is 92.4 cm³/mol. The Labute approximate surface area is 144 Å². The summed E-state index contributed by atoms with van der Waals surface area (Å²) < 4.78 is 15.9. The van der Waals surface area contributed by atoms with Gasteiger partial charge in [0, 0.05) is 23.3 Å². The van der Waals surface area contributed by atoms with Crippen LogP contribution in [-0.2, 0) is 18.0 Å². The molecule has 0 amide bonds. The molecular formula is C20H16N2O3. The van der Waals surface area contributed by atoms with Gasteiger partial charge < -0.3 is 13.8 Å². The van der Waals surface area contributed by atoms with E-state index in [9.17, 15) is 0 Å². The smallest absolute Gasteiger partial charge is 0.124 e. The molecular weight excluding hydrogens is 316 g/mol. The third-order valence-corrected chi connectivity index (χ3v) is 3.98. The van der Waals surface area contributed by atoms with Gasteiger partial charge in [-0.3, -0.25) is 0 Å². The molecule has 0 saturated carbocycles. The van der Waals surface area contributed by atoms with Crippen molar-refractivity contribution in [2.75, 3.05) is 0 Å². The van der Waals surface area contributed by atoms with Crippen molar-refractivity contribution in [2.24, 2.45) is 0 Å². The molecule has 4 rings (SSSR count). The Balaban J connectivity index is 1.50. The van der Waals surface area contributed by atoms with Crippen molar-refractivity contribution in [3.8, 4) is 22.5 Å². The van der Waals surface area contributed by atoms with Crippen molar-refractivity contribution in [2.45, 2.75) is 13.2 Å². The molecule has 0 bridgehead atoms. The van der Waals surface area contributed by atoms with E-state index >= 15 is 0 Å². The van der Waals surface area contributed by atoms with Crippen LogP contribution >= 0.6 is 0 Å². The maximum absolute atomic E-state index is 5.97.